The van der Waals surface area contributed by atoms with Crippen molar-refractivity contribution in [2.75, 3.05) is 31.2 Å². The van der Waals surface area contributed by atoms with E-state index in [0.29, 0.717) is 11.2 Å². The minimum absolute atomic E-state index is 0.502. The molecular formula is C18H26N4OS. The molecule has 0 bridgehead atoms. The van der Waals surface area contributed by atoms with Crippen LogP contribution < -0.4 is 15.6 Å². The largest absolute Gasteiger partial charge is 0.378 e. The van der Waals surface area contributed by atoms with Crippen LogP contribution in [0, 0.1) is 0 Å². The fraction of sp³-hybridized carbons (Fsp3) is 0.556. The molecule has 0 unspecified atom stereocenters. The predicted molar refractivity (Wildman–Crippen MR) is 103 cm³/mol. The molecule has 1 saturated carbocycles. The van der Waals surface area contributed by atoms with E-state index in [1.807, 2.05) is 0 Å². The van der Waals surface area contributed by atoms with Crippen molar-refractivity contribution in [2.24, 2.45) is 5.10 Å². The van der Waals surface area contributed by atoms with Gasteiger partial charge in [0.1, 0.15) is 0 Å². The number of ether oxygens (including phenoxy) is 1. The Morgan fingerprint density at radius 3 is 2.54 bits per heavy atom. The van der Waals surface area contributed by atoms with Gasteiger partial charge in [-0.05, 0) is 42.8 Å². The molecule has 3 rings (SSSR count). The molecule has 5 nitrogen and oxygen atoms in total. The zero-order valence-electron chi connectivity index (χ0n) is 14.0. The third kappa shape index (κ3) is 5.18. The summed E-state index contributed by atoms with van der Waals surface area (Å²) in [4.78, 5) is 2.34. The summed E-state index contributed by atoms with van der Waals surface area (Å²) < 4.78 is 5.39. The van der Waals surface area contributed by atoms with Crippen LogP contribution in [0.15, 0.2) is 29.4 Å². The molecule has 0 spiro atoms. The summed E-state index contributed by atoms with van der Waals surface area (Å²) in [6.45, 7) is 3.52. The molecule has 1 saturated heterocycles. The summed E-state index contributed by atoms with van der Waals surface area (Å²) in [6.07, 6.45) is 8.13. The Balaban J connectivity index is 1.44. The van der Waals surface area contributed by atoms with E-state index in [1.54, 1.807) is 6.21 Å². The van der Waals surface area contributed by atoms with Crippen LogP contribution in [-0.4, -0.2) is 43.7 Å². The fourth-order valence-electron chi connectivity index (χ4n) is 3.22. The number of nitrogens with one attached hydrogen (secondary N) is 2. The van der Waals surface area contributed by atoms with Crippen molar-refractivity contribution >= 4 is 29.2 Å². The van der Waals surface area contributed by atoms with E-state index < -0.39 is 0 Å². The number of benzene rings is 1. The van der Waals surface area contributed by atoms with Crippen molar-refractivity contribution in [1.29, 1.82) is 0 Å². The lowest BCUT2D eigenvalue weighted by Crippen LogP contribution is -2.40. The molecule has 24 heavy (non-hydrogen) atoms. The van der Waals surface area contributed by atoms with Crippen LogP contribution in [0.1, 0.15) is 37.7 Å². The molecule has 1 aromatic carbocycles. The van der Waals surface area contributed by atoms with Crippen molar-refractivity contribution < 1.29 is 4.74 Å². The lowest BCUT2D eigenvalue weighted by atomic mass is 9.96. The van der Waals surface area contributed by atoms with Gasteiger partial charge < -0.3 is 15.0 Å². The highest BCUT2D eigenvalue weighted by atomic mass is 32.1. The lowest BCUT2D eigenvalue weighted by Gasteiger charge is -2.28. The molecule has 2 N–H and O–H groups in total. The minimum Gasteiger partial charge on any atom is -0.378 e. The number of anilines is 1. The average Bonchev–Trinajstić information content (AvgIpc) is 2.64. The Morgan fingerprint density at radius 2 is 1.83 bits per heavy atom. The second-order valence-electron chi connectivity index (χ2n) is 6.37. The first-order valence-electron chi connectivity index (χ1n) is 8.83. The minimum atomic E-state index is 0.502. The van der Waals surface area contributed by atoms with Gasteiger partial charge in [0.2, 0.25) is 0 Å². The summed E-state index contributed by atoms with van der Waals surface area (Å²) in [5, 5.41) is 8.20. The molecule has 1 aromatic rings. The van der Waals surface area contributed by atoms with Gasteiger partial charge >= 0.3 is 0 Å². The van der Waals surface area contributed by atoms with Crippen LogP contribution in [0.5, 0.6) is 0 Å². The highest BCUT2D eigenvalue weighted by molar-refractivity contribution is 7.80. The normalized spacial score (nSPS) is 19.4. The van der Waals surface area contributed by atoms with E-state index in [-0.39, 0.29) is 0 Å². The number of hydrazone groups is 1. The zero-order valence-corrected chi connectivity index (χ0v) is 14.9. The molecular weight excluding hydrogens is 320 g/mol. The number of thiocarbonyl (C=S) groups is 1. The van der Waals surface area contributed by atoms with Gasteiger partial charge in [0, 0.05) is 24.8 Å². The molecule has 2 aliphatic rings. The first-order valence-corrected chi connectivity index (χ1v) is 9.24. The number of hydrogen-bond donors (Lipinski definition) is 2. The van der Waals surface area contributed by atoms with Crippen molar-refractivity contribution in [3.63, 3.8) is 0 Å². The maximum Gasteiger partial charge on any atom is 0.187 e. The number of hydrogen-bond acceptors (Lipinski definition) is 4. The molecule has 1 aliphatic heterocycles. The van der Waals surface area contributed by atoms with Gasteiger partial charge in [-0.2, -0.15) is 5.10 Å². The van der Waals surface area contributed by atoms with Gasteiger partial charge in [0.25, 0.3) is 0 Å². The van der Waals surface area contributed by atoms with E-state index in [2.05, 4.69) is 45.0 Å². The van der Waals surface area contributed by atoms with Crippen LogP contribution in [0.3, 0.4) is 0 Å². The smallest absolute Gasteiger partial charge is 0.187 e. The third-order valence-electron chi connectivity index (χ3n) is 4.59. The molecule has 0 amide bonds. The van der Waals surface area contributed by atoms with E-state index >= 15 is 0 Å². The number of rotatable bonds is 4. The maximum absolute atomic E-state index is 5.39. The molecule has 6 heteroatoms. The highest BCUT2D eigenvalue weighted by Crippen LogP contribution is 2.17. The first-order chi connectivity index (χ1) is 11.8. The molecule has 0 atom stereocenters. The van der Waals surface area contributed by atoms with Crippen LogP contribution >= 0.6 is 12.2 Å². The van der Waals surface area contributed by atoms with Gasteiger partial charge in [-0.3, -0.25) is 5.43 Å². The van der Waals surface area contributed by atoms with Crippen LogP contribution in [0.2, 0.25) is 0 Å². The predicted octanol–water partition coefficient (Wildman–Crippen LogP) is 2.65. The van der Waals surface area contributed by atoms with Gasteiger partial charge in [0.05, 0.1) is 19.4 Å². The highest BCUT2D eigenvalue weighted by Gasteiger charge is 2.13. The Morgan fingerprint density at radius 1 is 1.12 bits per heavy atom. The summed E-state index contributed by atoms with van der Waals surface area (Å²) in [5.74, 6) is 0. The monoisotopic (exact) mass is 346 g/mol. The quantitative estimate of drug-likeness (QED) is 0.499. The molecule has 130 valence electrons. The molecule has 0 aromatic heterocycles. The average molecular weight is 347 g/mol. The van der Waals surface area contributed by atoms with E-state index in [1.165, 1.54) is 37.8 Å². The van der Waals surface area contributed by atoms with Crippen molar-refractivity contribution in [3.05, 3.63) is 29.8 Å². The van der Waals surface area contributed by atoms with Crippen molar-refractivity contribution in [2.45, 2.75) is 38.1 Å². The van der Waals surface area contributed by atoms with Crippen LogP contribution in [0.4, 0.5) is 5.69 Å². The second-order valence-corrected chi connectivity index (χ2v) is 6.78. The summed E-state index contributed by atoms with van der Waals surface area (Å²) >= 11 is 5.30. The van der Waals surface area contributed by atoms with E-state index in [0.717, 1.165) is 31.9 Å². The molecule has 2 fully saturated rings. The van der Waals surface area contributed by atoms with Crippen LogP contribution in [-0.2, 0) is 4.74 Å². The Hall–Kier alpha value is -1.66. The van der Waals surface area contributed by atoms with Gasteiger partial charge in [-0.15, -0.1) is 0 Å². The van der Waals surface area contributed by atoms with Gasteiger partial charge in [-0.1, -0.05) is 31.4 Å². The molecule has 0 radical (unpaired) electrons. The fourth-order valence-corrected chi connectivity index (χ4v) is 3.44. The number of morpholine rings is 1. The Bertz CT molecular complexity index is 549. The number of nitrogens with zero attached hydrogens (tertiary/aromatic N) is 2. The maximum atomic E-state index is 5.39. The Kier molecular flexibility index (Phi) is 6.43. The third-order valence-corrected chi connectivity index (χ3v) is 4.80. The molecule has 1 aliphatic carbocycles. The standard InChI is InChI=1S/C18H26N4OS/c24-18(20-16-4-2-1-3-5-16)21-19-14-15-6-8-17(9-7-15)22-10-12-23-13-11-22/h6-9,14,16H,1-5,10-13H2,(H2,20,21,24)/b19-14-. The summed E-state index contributed by atoms with van der Waals surface area (Å²) in [6, 6.07) is 8.92. The summed E-state index contributed by atoms with van der Waals surface area (Å²) in [7, 11) is 0. The van der Waals surface area contributed by atoms with Crippen molar-refractivity contribution in [1.82, 2.24) is 10.7 Å². The van der Waals surface area contributed by atoms with Gasteiger partial charge in [-0.25, -0.2) is 0 Å². The zero-order chi connectivity index (χ0) is 16.6. The van der Waals surface area contributed by atoms with Gasteiger partial charge in [0.15, 0.2) is 5.11 Å². The lowest BCUT2D eigenvalue weighted by molar-refractivity contribution is 0.122. The summed E-state index contributed by atoms with van der Waals surface area (Å²) in [5.41, 5.74) is 5.21. The van der Waals surface area contributed by atoms with E-state index in [9.17, 15) is 0 Å². The SMILES string of the molecule is S=C(N/N=C\c1ccc(N2CCOCC2)cc1)NC1CCCCC1. The van der Waals surface area contributed by atoms with Crippen molar-refractivity contribution in [3.8, 4) is 0 Å². The topological polar surface area (TPSA) is 48.9 Å². The van der Waals surface area contributed by atoms with E-state index in [4.69, 9.17) is 17.0 Å². The molecule has 1 heterocycles. The first kappa shape index (κ1) is 17.2. The van der Waals surface area contributed by atoms with Crippen LogP contribution in [0.25, 0.3) is 0 Å². The Labute approximate surface area is 149 Å². The second kappa shape index (κ2) is 8.99.